The molecule has 0 unspecified atom stereocenters. The highest BCUT2D eigenvalue weighted by molar-refractivity contribution is 5.83. The minimum Gasteiger partial charge on any atom is -0.341 e. The first-order valence-corrected chi connectivity index (χ1v) is 5.59. The number of benzene rings is 1. The Bertz CT molecular complexity index is 503. The summed E-state index contributed by atoms with van der Waals surface area (Å²) in [6.45, 7) is 5.06. The van der Waals surface area contributed by atoms with Gasteiger partial charge in [0, 0.05) is 23.1 Å². The molecule has 0 radical (unpaired) electrons. The number of hydrogen-bond donors (Lipinski definition) is 0. The van der Waals surface area contributed by atoms with Gasteiger partial charge in [0.15, 0.2) is 0 Å². The average molecular weight is 197 g/mol. The van der Waals surface area contributed by atoms with Crippen LogP contribution in [-0.2, 0) is 6.54 Å². The molecule has 1 heterocycles. The molecule has 0 bridgehead atoms. The number of fused-ring (bicyclic) bond motifs is 1. The van der Waals surface area contributed by atoms with E-state index < -0.39 is 0 Å². The summed E-state index contributed by atoms with van der Waals surface area (Å²) in [5.41, 5.74) is 2.60. The van der Waals surface area contributed by atoms with Crippen LogP contribution in [0.4, 0.5) is 0 Å². The molecule has 1 aliphatic carbocycles. The zero-order valence-electron chi connectivity index (χ0n) is 8.82. The third kappa shape index (κ3) is 1.48. The van der Waals surface area contributed by atoms with E-state index in [1.807, 2.05) is 6.08 Å². The monoisotopic (exact) mass is 197 g/mol. The van der Waals surface area contributed by atoms with Gasteiger partial charge in [0.2, 0.25) is 0 Å². The molecule has 0 saturated heterocycles. The maximum absolute atomic E-state index is 3.89. The maximum Gasteiger partial charge on any atom is 0.0485 e. The fraction of sp³-hybridized carbons (Fsp3) is 0.286. The van der Waals surface area contributed by atoms with Gasteiger partial charge in [-0.3, -0.25) is 0 Å². The molecular formula is C14H15N. The van der Waals surface area contributed by atoms with Crippen molar-refractivity contribution in [3.63, 3.8) is 0 Å². The minimum atomic E-state index is 0.902. The Balaban J connectivity index is 2.16. The van der Waals surface area contributed by atoms with Gasteiger partial charge < -0.3 is 4.57 Å². The highest BCUT2D eigenvalue weighted by atomic mass is 15.0. The molecule has 0 amide bonds. The van der Waals surface area contributed by atoms with Crippen molar-refractivity contribution < 1.29 is 0 Å². The summed E-state index contributed by atoms with van der Waals surface area (Å²) in [7, 11) is 0. The van der Waals surface area contributed by atoms with Crippen LogP contribution < -0.4 is 0 Å². The van der Waals surface area contributed by atoms with E-state index >= 15 is 0 Å². The van der Waals surface area contributed by atoms with E-state index in [-0.39, 0.29) is 0 Å². The van der Waals surface area contributed by atoms with Gasteiger partial charge in [0.1, 0.15) is 0 Å². The van der Waals surface area contributed by atoms with Crippen molar-refractivity contribution in [3.05, 3.63) is 42.6 Å². The smallest absolute Gasteiger partial charge is 0.0485 e. The van der Waals surface area contributed by atoms with Gasteiger partial charge in [-0.1, -0.05) is 24.8 Å². The van der Waals surface area contributed by atoms with Crippen molar-refractivity contribution in [2.75, 3.05) is 0 Å². The first kappa shape index (κ1) is 8.78. The Morgan fingerprint density at radius 3 is 2.87 bits per heavy atom. The molecule has 1 saturated carbocycles. The number of nitrogens with zero attached hydrogens (tertiary/aromatic N) is 1. The van der Waals surface area contributed by atoms with Crippen molar-refractivity contribution in [2.24, 2.45) is 5.92 Å². The van der Waals surface area contributed by atoms with Crippen LogP contribution in [0.15, 0.2) is 36.9 Å². The van der Waals surface area contributed by atoms with E-state index in [1.54, 1.807) is 0 Å². The molecule has 1 aromatic heterocycles. The Morgan fingerprint density at radius 1 is 1.33 bits per heavy atom. The van der Waals surface area contributed by atoms with Crippen molar-refractivity contribution >= 4 is 17.0 Å². The second kappa shape index (κ2) is 3.27. The van der Waals surface area contributed by atoms with Crippen LogP contribution in [-0.4, -0.2) is 4.57 Å². The highest BCUT2D eigenvalue weighted by Gasteiger charge is 2.22. The number of hydrogen-bond acceptors (Lipinski definition) is 0. The van der Waals surface area contributed by atoms with Crippen LogP contribution in [0.5, 0.6) is 0 Å². The Kier molecular flexibility index (Phi) is 1.91. The van der Waals surface area contributed by atoms with E-state index in [2.05, 4.69) is 41.5 Å². The fourth-order valence-electron chi connectivity index (χ4n) is 2.16. The average Bonchev–Trinajstić information content (AvgIpc) is 3.01. The first-order chi connectivity index (χ1) is 7.38. The zero-order valence-corrected chi connectivity index (χ0v) is 8.82. The zero-order chi connectivity index (χ0) is 10.3. The van der Waals surface area contributed by atoms with Crippen LogP contribution in [0.3, 0.4) is 0 Å². The van der Waals surface area contributed by atoms with Gasteiger partial charge in [-0.05, 0) is 37.0 Å². The summed E-state index contributed by atoms with van der Waals surface area (Å²) in [6.07, 6.45) is 4.74. The summed E-state index contributed by atoms with van der Waals surface area (Å²) in [5.74, 6) is 0.902. The number of para-hydroxylation sites is 1. The standard InChI is InChI=1S/C14H15N/c1-2-13-9-12-5-3-4-6-14(12)15(13)10-11-7-8-11/h2-6,9,11H,1,7-8,10H2. The largest absolute Gasteiger partial charge is 0.341 e. The molecule has 1 aliphatic rings. The van der Waals surface area contributed by atoms with Crippen LogP contribution in [0, 0.1) is 5.92 Å². The van der Waals surface area contributed by atoms with Gasteiger partial charge in [0.05, 0.1) is 0 Å². The fourth-order valence-corrected chi connectivity index (χ4v) is 2.16. The van der Waals surface area contributed by atoms with Crippen molar-refractivity contribution in [1.82, 2.24) is 4.57 Å². The third-order valence-electron chi connectivity index (χ3n) is 3.19. The van der Waals surface area contributed by atoms with E-state index in [9.17, 15) is 0 Å². The SMILES string of the molecule is C=Cc1cc2ccccc2n1CC1CC1. The maximum atomic E-state index is 3.89. The molecule has 0 spiro atoms. The Morgan fingerprint density at radius 2 is 2.13 bits per heavy atom. The van der Waals surface area contributed by atoms with Gasteiger partial charge in [0.25, 0.3) is 0 Å². The summed E-state index contributed by atoms with van der Waals surface area (Å²) in [4.78, 5) is 0. The molecule has 1 aromatic carbocycles. The molecule has 1 fully saturated rings. The summed E-state index contributed by atoms with van der Waals surface area (Å²) in [6, 6.07) is 10.8. The number of rotatable bonds is 3. The van der Waals surface area contributed by atoms with E-state index in [0.717, 1.165) is 12.5 Å². The number of aromatic nitrogens is 1. The highest BCUT2D eigenvalue weighted by Crippen LogP contribution is 2.33. The van der Waals surface area contributed by atoms with Crippen molar-refractivity contribution in [2.45, 2.75) is 19.4 Å². The van der Waals surface area contributed by atoms with Gasteiger partial charge in [-0.15, -0.1) is 0 Å². The third-order valence-corrected chi connectivity index (χ3v) is 3.19. The molecule has 15 heavy (non-hydrogen) atoms. The first-order valence-electron chi connectivity index (χ1n) is 5.59. The lowest BCUT2D eigenvalue weighted by molar-refractivity contribution is 0.643. The summed E-state index contributed by atoms with van der Waals surface area (Å²) < 4.78 is 2.40. The predicted octanol–water partition coefficient (Wildman–Crippen LogP) is 3.69. The molecule has 3 rings (SSSR count). The lowest BCUT2D eigenvalue weighted by atomic mass is 10.2. The van der Waals surface area contributed by atoms with Crippen molar-refractivity contribution in [1.29, 1.82) is 0 Å². The normalized spacial score (nSPS) is 15.7. The molecule has 76 valence electrons. The van der Waals surface area contributed by atoms with Crippen LogP contribution in [0.1, 0.15) is 18.5 Å². The van der Waals surface area contributed by atoms with Crippen LogP contribution in [0.2, 0.25) is 0 Å². The minimum absolute atomic E-state index is 0.902. The van der Waals surface area contributed by atoms with E-state index in [1.165, 1.54) is 29.4 Å². The molecule has 0 atom stereocenters. The molecule has 0 aliphatic heterocycles. The molecular weight excluding hydrogens is 182 g/mol. The quantitative estimate of drug-likeness (QED) is 0.707. The second-order valence-electron chi connectivity index (χ2n) is 4.39. The van der Waals surface area contributed by atoms with Crippen LogP contribution in [0.25, 0.3) is 17.0 Å². The van der Waals surface area contributed by atoms with E-state index in [0.29, 0.717) is 0 Å². The summed E-state index contributed by atoms with van der Waals surface area (Å²) in [5, 5.41) is 1.33. The van der Waals surface area contributed by atoms with Crippen molar-refractivity contribution in [3.8, 4) is 0 Å². The molecule has 0 N–H and O–H groups in total. The van der Waals surface area contributed by atoms with Gasteiger partial charge >= 0.3 is 0 Å². The van der Waals surface area contributed by atoms with Gasteiger partial charge in [-0.2, -0.15) is 0 Å². The predicted molar refractivity (Wildman–Crippen MR) is 64.8 cm³/mol. The molecule has 1 nitrogen and oxygen atoms in total. The molecule has 2 aromatic rings. The Labute approximate surface area is 90.0 Å². The lowest BCUT2D eigenvalue weighted by Gasteiger charge is -2.06. The van der Waals surface area contributed by atoms with Crippen LogP contribution >= 0.6 is 0 Å². The summed E-state index contributed by atoms with van der Waals surface area (Å²) >= 11 is 0. The second-order valence-corrected chi connectivity index (χ2v) is 4.39. The lowest BCUT2D eigenvalue weighted by Crippen LogP contribution is -2.00. The molecule has 1 heteroatoms. The Hall–Kier alpha value is -1.50. The van der Waals surface area contributed by atoms with Gasteiger partial charge in [-0.25, -0.2) is 0 Å². The topological polar surface area (TPSA) is 4.93 Å². The van der Waals surface area contributed by atoms with E-state index in [4.69, 9.17) is 0 Å².